The van der Waals surface area contributed by atoms with E-state index < -0.39 is 150 Å². The van der Waals surface area contributed by atoms with Gasteiger partial charge in [0.1, 0.15) is 42.9 Å². The van der Waals surface area contributed by atoms with Crippen molar-refractivity contribution in [2.24, 2.45) is 16.5 Å². The fraction of sp³-hybridized carbons (Fsp3) is 0.444. The number of nitrogens with one attached hydrogen (secondary N) is 8. The van der Waals surface area contributed by atoms with Gasteiger partial charge >= 0.3 is 29.8 Å². The molecule has 34 nitrogen and oxygen atoms in total. The summed E-state index contributed by atoms with van der Waals surface area (Å²) in [5.41, 5.74) is 16.5. The summed E-state index contributed by atoms with van der Waals surface area (Å²) >= 11 is 0. The molecule has 0 aliphatic heterocycles. The summed E-state index contributed by atoms with van der Waals surface area (Å²) in [5.74, 6) is -16.0. The van der Waals surface area contributed by atoms with Gasteiger partial charge < -0.3 is 84.7 Å². The number of nitrogen functional groups attached to an aromatic ring is 1. The second-order valence-corrected chi connectivity index (χ2v) is 20.7. The molecule has 3 aromatic rings. The van der Waals surface area contributed by atoms with Gasteiger partial charge in [0, 0.05) is 30.0 Å². The van der Waals surface area contributed by atoms with Crippen molar-refractivity contribution in [3.05, 3.63) is 52.1 Å². The van der Waals surface area contributed by atoms with E-state index in [9.17, 15) is 87.9 Å². The molecule has 3 rings (SSSR count). The molecule has 6 atom stereocenters. The Balaban J connectivity index is 1.73. The standard InChI is InChI=1S/C45H59N15O19S2/c1-45(2,81-80-13-12-79-19-61)33(42(77)78)58-39(73)27(16-31(67)68)57-38(72)26(15-30(65)66)56-36(70)23(4-3-11-49-43(46)47)54-37(71)25(14-29(63)64)53-28(62)10-9-24(41(75)76)55-35(69)20-5-7-21(8-6-20)50-17-22-18-51-34-32(52-22)40(74)60-44(48)59-34/h5-8,18-19,23-27,33,50H,3-4,9-17H2,1-2H3,(H,53,62)(H,54,71)(H,55,69)(H,56,70)(H,57,72)(H,58,73)(H,63,64)(H,65,66)(H,67,68)(H,75,76)(H,77,78)(H4,46,47,49)(H3,48,51,59,60,74)/t23?,24-,25-,26-,27-,33+/m0/s1. The predicted octanol–water partition coefficient (Wildman–Crippen LogP) is -3.81. The van der Waals surface area contributed by atoms with E-state index in [0.29, 0.717) is 11.4 Å². The highest BCUT2D eigenvalue weighted by atomic mass is 33.1. The number of aromatic amines is 1. The van der Waals surface area contributed by atoms with Crippen molar-refractivity contribution < 1.29 is 87.8 Å². The number of anilines is 2. The molecule has 6 amide bonds. The summed E-state index contributed by atoms with van der Waals surface area (Å²) in [7, 11) is 2.03. The monoisotopic (exact) mass is 1180 g/mol. The van der Waals surface area contributed by atoms with Crippen LogP contribution in [0.2, 0.25) is 0 Å². The normalized spacial score (nSPS) is 13.2. The average molecular weight is 1180 g/mol. The van der Waals surface area contributed by atoms with Gasteiger partial charge in [0.05, 0.1) is 42.4 Å². The van der Waals surface area contributed by atoms with Crippen molar-refractivity contribution in [2.75, 3.05) is 30.0 Å². The number of ether oxygens (including phenoxy) is 1. The lowest BCUT2D eigenvalue weighted by atomic mass is 10.0. The molecule has 0 bridgehead atoms. The lowest BCUT2D eigenvalue weighted by Crippen LogP contribution is -2.60. The first-order chi connectivity index (χ1) is 38.1. The highest BCUT2D eigenvalue weighted by molar-refractivity contribution is 8.77. The van der Waals surface area contributed by atoms with Gasteiger partial charge in [-0.15, -0.1) is 0 Å². The van der Waals surface area contributed by atoms with E-state index in [2.05, 4.69) is 61.6 Å². The Morgan fingerprint density at radius 1 is 0.741 bits per heavy atom. The van der Waals surface area contributed by atoms with Crippen molar-refractivity contribution in [3.63, 3.8) is 0 Å². The van der Waals surface area contributed by atoms with Gasteiger partial charge in [-0.05, 0) is 57.4 Å². The number of carbonyl (C=O) groups excluding carboxylic acids is 7. The Morgan fingerprint density at radius 3 is 1.84 bits per heavy atom. The van der Waals surface area contributed by atoms with Crippen LogP contribution >= 0.6 is 21.6 Å². The molecule has 0 aliphatic carbocycles. The van der Waals surface area contributed by atoms with Crippen molar-refractivity contribution in [2.45, 2.75) is 106 Å². The summed E-state index contributed by atoms with van der Waals surface area (Å²) in [6.07, 6.45) is -4.04. The molecular formula is C45H59N15O19S2. The first-order valence-corrected chi connectivity index (χ1v) is 26.1. The van der Waals surface area contributed by atoms with Gasteiger partial charge in [-0.25, -0.2) is 19.6 Å². The zero-order chi connectivity index (χ0) is 60.6. The van der Waals surface area contributed by atoms with E-state index in [0.717, 1.165) is 21.6 Å². The number of guanidine groups is 1. The summed E-state index contributed by atoms with van der Waals surface area (Å²) in [6.45, 7) is 2.90. The van der Waals surface area contributed by atoms with Crippen LogP contribution in [-0.4, -0.2) is 183 Å². The minimum Gasteiger partial charge on any atom is -0.481 e. The van der Waals surface area contributed by atoms with E-state index in [1.807, 2.05) is 5.32 Å². The van der Waals surface area contributed by atoms with Crippen LogP contribution in [0.3, 0.4) is 0 Å². The number of benzene rings is 1. The van der Waals surface area contributed by atoms with Crippen molar-refractivity contribution >= 4 is 122 Å². The molecule has 0 saturated heterocycles. The molecule has 440 valence electrons. The number of hydrogen-bond donors (Lipinski definition) is 16. The van der Waals surface area contributed by atoms with E-state index >= 15 is 0 Å². The number of hydrogen-bond acceptors (Lipinski definition) is 22. The Morgan fingerprint density at radius 2 is 1.30 bits per heavy atom. The molecule has 0 spiro atoms. The van der Waals surface area contributed by atoms with Crippen molar-refractivity contribution in [1.29, 1.82) is 0 Å². The van der Waals surface area contributed by atoms with Gasteiger partial charge in [-0.3, -0.25) is 62.7 Å². The third-order valence-electron chi connectivity index (χ3n) is 10.9. The van der Waals surface area contributed by atoms with Gasteiger partial charge in [-0.2, -0.15) is 4.98 Å². The van der Waals surface area contributed by atoms with E-state index in [-0.39, 0.29) is 67.0 Å². The number of aliphatic carboxylic acids is 5. The SMILES string of the molecule is CC(C)(SSCCOC=O)[C@H](NC(=O)[C@H](CC(=O)O)NC(=O)[C@H](CC(=O)O)NC(=O)C(CCCN=C(N)N)NC(=O)[C@H](CC(=O)O)NC(=O)CC[C@H](NC(=O)c1ccc(NCc2cnc3nc(N)[nH]c(=O)c3n2)cc1)C(=O)O)C(=O)O. The smallest absolute Gasteiger partial charge is 0.327 e. The van der Waals surface area contributed by atoms with Crippen LogP contribution in [0.4, 0.5) is 11.6 Å². The van der Waals surface area contributed by atoms with Crippen LogP contribution in [-0.2, 0) is 64.0 Å². The molecule has 0 saturated carbocycles. The molecule has 1 unspecified atom stereocenters. The average Bonchev–Trinajstić information content (AvgIpc) is 3.43. The molecule has 2 aromatic heterocycles. The van der Waals surface area contributed by atoms with Crippen LogP contribution in [0.15, 0.2) is 40.2 Å². The second-order valence-electron chi connectivity index (χ2n) is 17.6. The summed E-state index contributed by atoms with van der Waals surface area (Å²) < 4.78 is 3.25. The maximum atomic E-state index is 13.9. The van der Waals surface area contributed by atoms with E-state index in [1.165, 1.54) is 44.3 Å². The van der Waals surface area contributed by atoms with Crippen LogP contribution in [0.25, 0.3) is 11.2 Å². The minimum absolute atomic E-state index is 0.00967. The lowest BCUT2D eigenvalue weighted by molar-refractivity contribution is -0.145. The number of H-pyrrole nitrogens is 1. The Hall–Kier alpha value is -9.35. The van der Waals surface area contributed by atoms with Gasteiger partial charge in [-0.1, -0.05) is 21.6 Å². The number of carbonyl (C=O) groups is 12. The molecule has 2 heterocycles. The summed E-state index contributed by atoms with van der Waals surface area (Å²) in [4.78, 5) is 182. The molecule has 81 heavy (non-hydrogen) atoms. The summed E-state index contributed by atoms with van der Waals surface area (Å²) in [5, 5.41) is 64.7. The highest BCUT2D eigenvalue weighted by Crippen LogP contribution is 2.38. The Kier molecular flexibility index (Phi) is 26.0. The molecular weight excluding hydrogens is 1120 g/mol. The number of fused-ring (bicyclic) bond motifs is 1. The van der Waals surface area contributed by atoms with Crippen LogP contribution in [0.5, 0.6) is 0 Å². The third-order valence-corrected chi connectivity index (χ3v) is 14.1. The van der Waals surface area contributed by atoms with Crippen molar-refractivity contribution in [3.8, 4) is 0 Å². The zero-order valence-corrected chi connectivity index (χ0v) is 44.6. The number of nitrogens with two attached hydrogens (primary N) is 3. The van der Waals surface area contributed by atoms with Gasteiger partial charge in [0.15, 0.2) is 17.1 Å². The third kappa shape index (κ3) is 22.9. The van der Waals surface area contributed by atoms with Crippen LogP contribution in [0.1, 0.15) is 74.8 Å². The first kappa shape index (κ1) is 65.9. The first-order valence-electron chi connectivity index (χ1n) is 23.8. The number of aliphatic imine (C=N–C) groups is 1. The highest BCUT2D eigenvalue weighted by Gasteiger charge is 2.40. The number of aromatic nitrogens is 4. The van der Waals surface area contributed by atoms with E-state index in [1.54, 1.807) is 0 Å². The number of amides is 6. The number of carboxylic acids is 5. The molecule has 0 fully saturated rings. The fourth-order valence-electron chi connectivity index (χ4n) is 6.92. The number of carboxylic acid groups (broad SMARTS) is 5. The fourth-order valence-corrected chi connectivity index (χ4v) is 9.38. The predicted molar refractivity (Wildman–Crippen MR) is 284 cm³/mol. The van der Waals surface area contributed by atoms with Crippen LogP contribution < -0.4 is 60.0 Å². The Bertz CT molecular complexity index is 2910. The maximum absolute atomic E-state index is 13.9. The zero-order valence-electron chi connectivity index (χ0n) is 43.0. The van der Waals surface area contributed by atoms with Crippen molar-refractivity contribution in [1.82, 2.24) is 51.8 Å². The molecule has 19 N–H and O–H groups in total. The molecule has 36 heteroatoms. The topological polar surface area (TPSA) is 561 Å². The Labute approximate surface area is 465 Å². The number of rotatable bonds is 36. The minimum atomic E-state index is -2.14. The van der Waals surface area contributed by atoms with E-state index in [4.69, 9.17) is 17.2 Å². The van der Waals surface area contributed by atoms with Gasteiger partial charge in [0.25, 0.3) is 17.9 Å². The lowest BCUT2D eigenvalue weighted by Gasteiger charge is -2.32. The molecule has 1 aromatic carbocycles. The molecule has 0 radical (unpaired) electrons. The second kappa shape index (κ2) is 31.9. The largest absolute Gasteiger partial charge is 0.481 e. The quantitative estimate of drug-likeness (QED) is 0.00872. The maximum Gasteiger partial charge on any atom is 0.327 e. The molecule has 0 aliphatic rings. The van der Waals surface area contributed by atoms with Gasteiger partial charge in [0.2, 0.25) is 35.5 Å². The number of nitrogens with zero attached hydrogens (tertiary/aromatic N) is 4. The summed E-state index contributed by atoms with van der Waals surface area (Å²) in [6, 6.07) is -5.82. The van der Waals surface area contributed by atoms with Crippen LogP contribution in [0, 0.1) is 0 Å².